The summed E-state index contributed by atoms with van der Waals surface area (Å²) in [7, 11) is 0. The summed E-state index contributed by atoms with van der Waals surface area (Å²) in [6.45, 7) is 6.40. The molecule has 3 aromatic rings. The number of benzene rings is 2. The summed E-state index contributed by atoms with van der Waals surface area (Å²) in [5.74, 6) is 1.80. The van der Waals surface area contributed by atoms with Gasteiger partial charge < -0.3 is 10.0 Å². The number of para-hydroxylation sites is 1. The summed E-state index contributed by atoms with van der Waals surface area (Å²) < 4.78 is 0. The number of aromatic hydroxyl groups is 1. The fourth-order valence-electron chi connectivity index (χ4n) is 4.43. The number of anilines is 1. The summed E-state index contributed by atoms with van der Waals surface area (Å²) >= 11 is 0. The molecule has 1 atom stereocenters. The number of nitrogens with zero attached hydrogens (tertiary/aromatic N) is 4. The Balaban J connectivity index is 1.65. The zero-order chi connectivity index (χ0) is 18.4. The van der Waals surface area contributed by atoms with Crippen LogP contribution in [0, 0.1) is 6.92 Å². The first-order chi connectivity index (χ1) is 13.2. The molecule has 0 saturated carbocycles. The van der Waals surface area contributed by atoms with Crippen molar-refractivity contribution in [1.29, 1.82) is 0 Å². The van der Waals surface area contributed by atoms with Crippen molar-refractivity contribution in [2.45, 2.75) is 25.8 Å². The van der Waals surface area contributed by atoms with Crippen molar-refractivity contribution in [3.05, 3.63) is 48.0 Å². The highest BCUT2D eigenvalue weighted by Crippen LogP contribution is 2.33. The topological polar surface area (TPSA) is 52.5 Å². The second-order valence-corrected chi connectivity index (χ2v) is 7.69. The van der Waals surface area contributed by atoms with Crippen LogP contribution in [-0.4, -0.2) is 52.2 Å². The highest BCUT2D eigenvalue weighted by molar-refractivity contribution is 5.92. The molecule has 0 radical (unpaired) electrons. The van der Waals surface area contributed by atoms with Gasteiger partial charge >= 0.3 is 0 Å². The molecule has 0 aliphatic carbocycles. The largest absolute Gasteiger partial charge is 0.507 e. The molecule has 2 fully saturated rings. The van der Waals surface area contributed by atoms with Crippen LogP contribution in [0.2, 0.25) is 0 Å². The van der Waals surface area contributed by atoms with E-state index in [-0.39, 0.29) is 5.75 Å². The van der Waals surface area contributed by atoms with Crippen LogP contribution in [0.25, 0.3) is 22.3 Å². The van der Waals surface area contributed by atoms with Crippen molar-refractivity contribution >= 4 is 16.7 Å². The van der Waals surface area contributed by atoms with Gasteiger partial charge in [-0.1, -0.05) is 18.2 Å². The van der Waals surface area contributed by atoms with Gasteiger partial charge in [0.1, 0.15) is 11.6 Å². The van der Waals surface area contributed by atoms with Crippen molar-refractivity contribution in [3.63, 3.8) is 0 Å². The normalized spacial score (nSPS) is 20.2. The molecule has 0 amide bonds. The molecular formula is C22H24N4O. The lowest BCUT2D eigenvalue weighted by Gasteiger charge is -2.38. The van der Waals surface area contributed by atoms with Gasteiger partial charge in [0.05, 0.1) is 11.1 Å². The lowest BCUT2D eigenvalue weighted by molar-refractivity contribution is 0.230. The van der Waals surface area contributed by atoms with Crippen LogP contribution in [-0.2, 0) is 0 Å². The minimum absolute atomic E-state index is 0.219. The quantitative estimate of drug-likeness (QED) is 0.757. The summed E-state index contributed by atoms with van der Waals surface area (Å²) in [6, 6.07) is 14.3. The maximum Gasteiger partial charge on any atom is 0.165 e. The zero-order valence-electron chi connectivity index (χ0n) is 15.6. The summed E-state index contributed by atoms with van der Waals surface area (Å²) in [6.07, 6.45) is 2.57. The highest BCUT2D eigenvalue weighted by Gasteiger charge is 2.32. The van der Waals surface area contributed by atoms with Gasteiger partial charge in [0.15, 0.2) is 5.82 Å². The molecule has 27 heavy (non-hydrogen) atoms. The van der Waals surface area contributed by atoms with Gasteiger partial charge in [0.2, 0.25) is 0 Å². The third-order valence-corrected chi connectivity index (χ3v) is 5.86. The Morgan fingerprint density at radius 1 is 1.04 bits per heavy atom. The van der Waals surface area contributed by atoms with E-state index in [1.54, 1.807) is 6.07 Å². The molecule has 5 rings (SSSR count). The van der Waals surface area contributed by atoms with E-state index in [4.69, 9.17) is 9.97 Å². The molecule has 0 spiro atoms. The van der Waals surface area contributed by atoms with E-state index < -0.39 is 0 Å². The number of rotatable bonds is 2. The van der Waals surface area contributed by atoms with Crippen LogP contribution in [0.4, 0.5) is 5.82 Å². The lowest BCUT2D eigenvalue weighted by Crippen LogP contribution is -2.50. The van der Waals surface area contributed by atoms with Crippen LogP contribution in [0.3, 0.4) is 0 Å². The standard InChI is InChI=1S/C22H24N4O/c1-15-8-9-17-19(13-15)23-21(18-6-2-3-7-20(18)27)24-22(17)26-12-11-25-10-4-5-16(25)14-26/h2-3,6-9,13,16,27H,4-5,10-12,14H2,1H3. The van der Waals surface area contributed by atoms with Crippen molar-refractivity contribution in [2.24, 2.45) is 0 Å². The molecular weight excluding hydrogens is 336 g/mol. The molecule has 2 aliphatic rings. The maximum atomic E-state index is 10.3. The van der Waals surface area contributed by atoms with Gasteiger partial charge in [-0.3, -0.25) is 4.90 Å². The third-order valence-electron chi connectivity index (χ3n) is 5.86. The van der Waals surface area contributed by atoms with Crippen molar-refractivity contribution < 1.29 is 5.11 Å². The van der Waals surface area contributed by atoms with Crippen molar-refractivity contribution in [3.8, 4) is 17.1 Å². The van der Waals surface area contributed by atoms with Crippen LogP contribution < -0.4 is 4.90 Å². The van der Waals surface area contributed by atoms with E-state index in [2.05, 4.69) is 34.9 Å². The first-order valence-corrected chi connectivity index (χ1v) is 9.75. The molecule has 2 aromatic carbocycles. The summed E-state index contributed by atoms with van der Waals surface area (Å²) in [4.78, 5) is 14.7. The predicted octanol–water partition coefficient (Wildman–Crippen LogP) is 3.60. The van der Waals surface area contributed by atoms with E-state index in [0.29, 0.717) is 17.4 Å². The van der Waals surface area contributed by atoms with Crippen LogP contribution in [0.5, 0.6) is 5.75 Å². The predicted molar refractivity (Wildman–Crippen MR) is 108 cm³/mol. The second-order valence-electron chi connectivity index (χ2n) is 7.69. The van der Waals surface area contributed by atoms with Crippen LogP contribution in [0.1, 0.15) is 18.4 Å². The fourth-order valence-corrected chi connectivity index (χ4v) is 4.43. The molecule has 2 aliphatic heterocycles. The minimum atomic E-state index is 0.219. The van der Waals surface area contributed by atoms with E-state index in [1.807, 2.05) is 18.2 Å². The number of piperazine rings is 1. The number of phenols is 1. The number of aromatic nitrogens is 2. The fraction of sp³-hybridized carbons (Fsp3) is 0.364. The molecule has 1 unspecified atom stereocenters. The maximum absolute atomic E-state index is 10.3. The van der Waals surface area contributed by atoms with E-state index in [1.165, 1.54) is 24.9 Å². The average molecular weight is 360 g/mol. The number of phenolic OH excluding ortho intramolecular Hbond substituents is 1. The number of aryl methyl sites for hydroxylation is 1. The van der Waals surface area contributed by atoms with Gasteiger partial charge in [-0.05, 0) is 56.1 Å². The summed E-state index contributed by atoms with van der Waals surface area (Å²) in [5, 5.41) is 11.4. The van der Waals surface area contributed by atoms with Gasteiger partial charge in [-0.15, -0.1) is 0 Å². The monoisotopic (exact) mass is 360 g/mol. The average Bonchev–Trinajstić information content (AvgIpc) is 3.15. The molecule has 1 aromatic heterocycles. The minimum Gasteiger partial charge on any atom is -0.507 e. The molecule has 138 valence electrons. The first-order valence-electron chi connectivity index (χ1n) is 9.75. The molecule has 5 heteroatoms. The van der Waals surface area contributed by atoms with Gasteiger partial charge in [0, 0.05) is 31.1 Å². The Hall–Kier alpha value is -2.66. The Morgan fingerprint density at radius 3 is 2.81 bits per heavy atom. The van der Waals surface area contributed by atoms with Crippen LogP contribution >= 0.6 is 0 Å². The Morgan fingerprint density at radius 2 is 1.93 bits per heavy atom. The molecule has 0 bridgehead atoms. The van der Waals surface area contributed by atoms with E-state index in [9.17, 15) is 5.11 Å². The molecule has 5 nitrogen and oxygen atoms in total. The number of fused-ring (bicyclic) bond motifs is 2. The van der Waals surface area contributed by atoms with Gasteiger partial charge in [-0.2, -0.15) is 0 Å². The van der Waals surface area contributed by atoms with Crippen molar-refractivity contribution in [1.82, 2.24) is 14.9 Å². The number of hydrogen-bond acceptors (Lipinski definition) is 5. The Bertz CT molecular complexity index is 1000. The van der Waals surface area contributed by atoms with Crippen molar-refractivity contribution in [2.75, 3.05) is 31.1 Å². The number of hydrogen-bond donors (Lipinski definition) is 1. The molecule has 2 saturated heterocycles. The molecule has 3 heterocycles. The smallest absolute Gasteiger partial charge is 0.165 e. The third kappa shape index (κ3) is 2.92. The van der Waals surface area contributed by atoms with Gasteiger partial charge in [0.25, 0.3) is 0 Å². The molecule has 1 N–H and O–H groups in total. The highest BCUT2D eigenvalue weighted by atomic mass is 16.3. The summed E-state index contributed by atoms with van der Waals surface area (Å²) in [5.41, 5.74) is 2.80. The van der Waals surface area contributed by atoms with E-state index >= 15 is 0 Å². The second kappa shape index (κ2) is 6.50. The van der Waals surface area contributed by atoms with E-state index in [0.717, 1.165) is 36.4 Å². The van der Waals surface area contributed by atoms with Gasteiger partial charge in [-0.25, -0.2) is 9.97 Å². The first kappa shape index (κ1) is 16.5. The van der Waals surface area contributed by atoms with Crippen LogP contribution in [0.15, 0.2) is 42.5 Å². The lowest BCUT2D eigenvalue weighted by atomic mass is 10.1. The SMILES string of the molecule is Cc1ccc2c(N3CCN4CCCC4C3)nc(-c3ccccc3O)nc2c1. The Labute approximate surface area is 159 Å². The Kier molecular flexibility index (Phi) is 3.97. The zero-order valence-corrected chi connectivity index (χ0v) is 15.6.